The molecule has 2 bridgehead atoms. The van der Waals surface area contributed by atoms with Crippen molar-refractivity contribution in [3.8, 4) is 0 Å². The first-order valence-electron chi connectivity index (χ1n) is 9.41. The lowest BCUT2D eigenvalue weighted by Gasteiger charge is -2.35. The molecule has 2 aromatic heterocycles. The van der Waals surface area contributed by atoms with Crippen LogP contribution in [0.1, 0.15) is 42.5 Å². The topological polar surface area (TPSA) is 83.0 Å². The number of nitrogens with zero attached hydrogens (tertiary/aromatic N) is 3. The summed E-state index contributed by atoms with van der Waals surface area (Å²) in [6, 6.07) is 1.41. The van der Waals surface area contributed by atoms with Crippen molar-refractivity contribution in [1.29, 1.82) is 0 Å². The highest BCUT2D eigenvalue weighted by Crippen LogP contribution is 2.30. The van der Waals surface area contributed by atoms with E-state index in [2.05, 4.69) is 15.4 Å². The van der Waals surface area contributed by atoms with Gasteiger partial charge in [-0.25, -0.2) is 4.98 Å². The van der Waals surface area contributed by atoms with E-state index in [4.69, 9.17) is 0 Å². The molecule has 2 atom stereocenters. The average Bonchev–Trinajstić information content (AvgIpc) is 3.08. The van der Waals surface area contributed by atoms with Crippen molar-refractivity contribution in [1.82, 2.24) is 25.0 Å². The van der Waals surface area contributed by atoms with Crippen LogP contribution in [0, 0.1) is 13.8 Å². The van der Waals surface area contributed by atoms with Gasteiger partial charge in [-0.2, -0.15) is 0 Å². The van der Waals surface area contributed by atoms with Crippen LogP contribution in [0.4, 0.5) is 0 Å². The Bertz CT molecular complexity index is 922. The van der Waals surface area contributed by atoms with Crippen molar-refractivity contribution in [2.24, 2.45) is 7.05 Å². The van der Waals surface area contributed by atoms with Crippen LogP contribution in [0.5, 0.6) is 0 Å². The Morgan fingerprint density at radius 2 is 1.89 bits per heavy atom. The number of piperidine rings is 1. The quantitative estimate of drug-likeness (QED) is 0.829. The molecule has 4 heterocycles. The second-order valence-electron chi connectivity index (χ2n) is 7.94. The lowest BCUT2D eigenvalue weighted by Crippen LogP contribution is -2.49. The van der Waals surface area contributed by atoms with Gasteiger partial charge in [0.15, 0.2) is 5.65 Å². The standard InChI is InChI=1S/C19H27N5O2.ClH/c1-10-15(11(2)20-18-17(10)19(26)22-24(18)4)9-16(25)23(3)14-7-12-5-6-13(8-14)21-12;/h12-14,21H,5-9H2,1-4H3,(H,22,26);1H. The van der Waals surface area contributed by atoms with Crippen molar-refractivity contribution in [2.45, 2.75) is 64.1 Å². The van der Waals surface area contributed by atoms with Crippen LogP contribution in [0.2, 0.25) is 0 Å². The molecule has 1 amide bonds. The number of hydrogen-bond donors (Lipinski definition) is 2. The molecule has 0 radical (unpaired) electrons. The molecule has 27 heavy (non-hydrogen) atoms. The van der Waals surface area contributed by atoms with E-state index < -0.39 is 0 Å². The Labute approximate surface area is 164 Å². The maximum absolute atomic E-state index is 13.0. The minimum Gasteiger partial charge on any atom is -0.342 e. The highest BCUT2D eigenvalue weighted by Gasteiger charge is 2.36. The minimum atomic E-state index is -0.149. The van der Waals surface area contributed by atoms with Crippen LogP contribution < -0.4 is 10.9 Å². The molecule has 0 aliphatic carbocycles. The van der Waals surface area contributed by atoms with Gasteiger partial charge in [-0.3, -0.25) is 19.4 Å². The van der Waals surface area contributed by atoms with E-state index in [1.54, 1.807) is 11.7 Å². The van der Waals surface area contributed by atoms with E-state index in [0.717, 1.165) is 29.7 Å². The lowest BCUT2D eigenvalue weighted by molar-refractivity contribution is -0.131. The molecule has 2 unspecified atom stereocenters. The Balaban J connectivity index is 0.00000210. The molecule has 2 aliphatic rings. The Morgan fingerprint density at radius 3 is 2.52 bits per heavy atom. The van der Waals surface area contributed by atoms with Crippen LogP contribution in [-0.4, -0.2) is 50.7 Å². The Kier molecular flexibility index (Phi) is 5.36. The normalized spacial score (nSPS) is 24.1. The predicted molar refractivity (Wildman–Crippen MR) is 107 cm³/mol. The van der Waals surface area contributed by atoms with Gasteiger partial charge in [-0.15, -0.1) is 12.4 Å². The van der Waals surface area contributed by atoms with E-state index in [0.29, 0.717) is 35.6 Å². The summed E-state index contributed by atoms with van der Waals surface area (Å²) >= 11 is 0. The number of aryl methyl sites for hydroxylation is 3. The molecule has 0 aromatic carbocycles. The summed E-state index contributed by atoms with van der Waals surface area (Å²) < 4.78 is 1.64. The van der Waals surface area contributed by atoms with Gasteiger partial charge in [0.25, 0.3) is 5.56 Å². The number of rotatable bonds is 3. The van der Waals surface area contributed by atoms with E-state index in [1.807, 2.05) is 25.8 Å². The first-order valence-corrected chi connectivity index (χ1v) is 9.41. The molecule has 0 saturated carbocycles. The van der Waals surface area contributed by atoms with Crippen LogP contribution in [0.3, 0.4) is 0 Å². The fourth-order valence-electron chi connectivity index (χ4n) is 4.73. The third-order valence-electron chi connectivity index (χ3n) is 6.29. The van der Waals surface area contributed by atoms with Gasteiger partial charge in [0, 0.05) is 37.9 Å². The number of nitrogens with one attached hydrogen (secondary N) is 2. The van der Waals surface area contributed by atoms with Crippen LogP contribution >= 0.6 is 12.4 Å². The van der Waals surface area contributed by atoms with E-state index >= 15 is 0 Å². The number of aromatic nitrogens is 3. The smallest absolute Gasteiger partial charge is 0.273 e. The van der Waals surface area contributed by atoms with Gasteiger partial charge in [0.1, 0.15) is 0 Å². The maximum atomic E-state index is 13.0. The minimum absolute atomic E-state index is 0. The Hall–Kier alpha value is -1.86. The molecule has 2 aliphatic heterocycles. The van der Waals surface area contributed by atoms with Gasteiger partial charge in [-0.05, 0) is 50.7 Å². The molecule has 8 heteroatoms. The molecule has 2 saturated heterocycles. The number of aromatic amines is 1. The van der Waals surface area contributed by atoms with Crippen LogP contribution in [0.25, 0.3) is 11.0 Å². The van der Waals surface area contributed by atoms with E-state index in [-0.39, 0.29) is 23.9 Å². The van der Waals surface area contributed by atoms with E-state index in [9.17, 15) is 9.59 Å². The number of carbonyl (C=O) groups excluding carboxylic acids is 1. The molecular weight excluding hydrogens is 366 g/mol. The summed E-state index contributed by atoms with van der Waals surface area (Å²) in [6.45, 7) is 3.83. The largest absolute Gasteiger partial charge is 0.342 e. The lowest BCUT2D eigenvalue weighted by atomic mass is 9.97. The fourth-order valence-corrected chi connectivity index (χ4v) is 4.73. The first kappa shape index (κ1) is 19.9. The third kappa shape index (κ3) is 3.38. The van der Waals surface area contributed by atoms with Crippen LogP contribution in [0.15, 0.2) is 4.79 Å². The predicted octanol–water partition coefficient (Wildman–Crippen LogP) is 1.58. The summed E-state index contributed by atoms with van der Waals surface area (Å²) in [5.74, 6) is 0.107. The second kappa shape index (κ2) is 7.28. The summed E-state index contributed by atoms with van der Waals surface area (Å²) in [4.78, 5) is 31.7. The number of halogens is 1. The van der Waals surface area contributed by atoms with Gasteiger partial charge in [0.05, 0.1) is 11.8 Å². The van der Waals surface area contributed by atoms with Crippen molar-refractivity contribution in [2.75, 3.05) is 7.05 Å². The zero-order chi connectivity index (χ0) is 18.6. The number of amides is 1. The molecule has 0 spiro atoms. The number of hydrogen-bond acceptors (Lipinski definition) is 4. The monoisotopic (exact) mass is 393 g/mol. The Morgan fingerprint density at radius 1 is 1.26 bits per heavy atom. The fraction of sp³-hybridized carbons (Fsp3) is 0.632. The van der Waals surface area contributed by atoms with Crippen molar-refractivity contribution >= 4 is 29.3 Å². The molecule has 2 fully saturated rings. The van der Waals surface area contributed by atoms with Crippen molar-refractivity contribution in [3.05, 3.63) is 27.2 Å². The highest BCUT2D eigenvalue weighted by molar-refractivity contribution is 5.85. The molecular formula is C19H28ClN5O2. The SMILES string of the molecule is Cc1nc2c(c(C)c1CC(=O)N(C)C1CC3CCC(C1)N3)c(=O)[nH]n2C.Cl. The van der Waals surface area contributed by atoms with Crippen molar-refractivity contribution < 1.29 is 4.79 Å². The average molecular weight is 394 g/mol. The number of fused-ring (bicyclic) bond motifs is 3. The van der Waals surface area contributed by atoms with Gasteiger partial charge in [0.2, 0.25) is 5.91 Å². The zero-order valence-corrected chi connectivity index (χ0v) is 17.2. The summed E-state index contributed by atoms with van der Waals surface area (Å²) in [7, 11) is 3.70. The first-order chi connectivity index (χ1) is 12.3. The number of likely N-dealkylation sites (N-methyl/N-ethyl adjacent to an activating group) is 1. The van der Waals surface area contributed by atoms with Gasteiger partial charge in [-0.1, -0.05) is 0 Å². The number of pyridine rings is 1. The summed E-state index contributed by atoms with van der Waals surface area (Å²) in [6.07, 6.45) is 4.81. The molecule has 148 valence electrons. The zero-order valence-electron chi connectivity index (χ0n) is 16.3. The van der Waals surface area contributed by atoms with Gasteiger partial charge < -0.3 is 10.2 Å². The molecule has 2 N–H and O–H groups in total. The second-order valence-corrected chi connectivity index (χ2v) is 7.94. The number of carbonyl (C=O) groups is 1. The van der Waals surface area contributed by atoms with Crippen molar-refractivity contribution in [3.63, 3.8) is 0 Å². The number of H-pyrrole nitrogens is 1. The molecule has 2 aromatic rings. The summed E-state index contributed by atoms with van der Waals surface area (Å²) in [5.41, 5.74) is 3.05. The van der Waals surface area contributed by atoms with E-state index in [1.165, 1.54) is 12.8 Å². The summed E-state index contributed by atoms with van der Waals surface area (Å²) in [5, 5.41) is 6.96. The molecule has 7 nitrogen and oxygen atoms in total. The highest BCUT2D eigenvalue weighted by atomic mass is 35.5. The van der Waals surface area contributed by atoms with Gasteiger partial charge >= 0.3 is 0 Å². The molecule has 4 rings (SSSR count). The maximum Gasteiger partial charge on any atom is 0.273 e. The third-order valence-corrected chi connectivity index (χ3v) is 6.29. The van der Waals surface area contributed by atoms with Crippen LogP contribution in [-0.2, 0) is 18.3 Å².